The molecule has 3 fully saturated rings. The third kappa shape index (κ3) is 5.82. The average molecular weight is 483 g/mol. The molecule has 0 bridgehead atoms. The summed E-state index contributed by atoms with van der Waals surface area (Å²) in [5.74, 6) is -0.161. The smallest absolute Gasteiger partial charge is 0.366 e. The number of benzene rings is 1. The molecule has 0 radical (unpaired) electrons. The van der Waals surface area contributed by atoms with E-state index in [-0.39, 0.29) is 23.6 Å². The quantitative estimate of drug-likeness (QED) is 0.373. The second-order valence-corrected chi connectivity index (χ2v) is 9.85. The van der Waals surface area contributed by atoms with E-state index in [1.54, 1.807) is 4.90 Å². The van der Waals surface area contributed by atoms with Gasteiger partial charge in [0, 0.05) is 50.2 Å². The number of halogens is 3. The van der Waals surface area contributed by atoms with Crippen LogP contribution in [0.3, 0.4) is 0 Å². The standard InChI is InChI=1S/C24H33F3N4O3/c25-24(26,27)18-7-8-21(22(15-18)31(33)34)29-12-9-17(10-13-29)23(32)28-19-11-14-30(16-19)20-5-3-1-2-4-6-20/h7-8,15,17,19-20H,1-6,9-14,16H2,(H,28,32). The van der Waals surface area contributed by atoms with Gasteiger partial charge in [-0.15, -0.1) is 0 Å². The van der Waals surface area contributed by atoms with Gasteiger partial charge in [0.2, 0.25) is 5.91 Å². The van der Waals surface area contributed by atoms with Gasteiger partial charge in [0.25, 0.3) is 5.69 Å². The van der Waals surface area contributed by atoms with E-state index in [1.165, 1.54) is 44.6 Å². The Morgan fingerprint density at radius 1 is 1.00 bits per heavy atom. The van der Waals surface area contributed by atoms with Gasteiger partial charge in [0.15, 0.2) is 0 Å². The normalized spacial score (nSPS) is 23.6. The zero-order valence-corrected chi connectivity index (χ0v) is 19.4. The van der Waals surface area contributed by atoms with Gasteiger partial charge < -0.3 is 10.2 Å². The summed E-state index contributed by atoms with van der Waals surface area (Å²) in [6, 6.07) is 3.43. The highest BCUT2D eigenvalue weighted by Gasteiger charge is 2.36. The number of carbonyl (C=O) groups is 1. The lowest BCUT2D eigenvalue weighted by Gasteiger charge is -2.33. The number of hydrogen-bond acceptors (Lipinski definition) is 5. The van der Waals surface area contributed by atoms with Crippen molar-refractivity contribution in [3.05, 3.63) is 33.9 Å². The molecular weight excluding hydrogens is 449 g/mol. The van der Waals surface area contributed by atoms with Gasteiger partial charge in [-0.2, -0.15) is 13.2 Å². The Morgan fingerprint density at radius 2 is 1.68 bits per heavy atom. The van der Waals surface area contributed by atoms with Gasteiger partial charge in [-0.3, -0.25) is 19.8 Å². The van der Waals surface area contributed by atoms with E-state index in [2.05, 4.69) is 10.2 Å². The topological polar surface area (TPSA) is 78.7 Å². The molecule has 2 heterocycles. The van der Waals surface area contributed by atoms with Crippen molar-refractivity contribution in [1.82, 2.24) is 10.2 Å². The van der Waals surface area contributed by atoms with Crippen molar-refractivity contribution >= 4 is 17.3 Å². The summed E-state index contributed by atoms with van der Waals surface area (Å²) in [4.78, 5) is 27.8. The minimum atomic E-state index is -4.64. The lowest BCUT2D eigenvalue weighted by molar-refractivity contribution is -0.384. The molecule has 1 atom stereocenters. The summed E-state index contributed by atoms with van der Waals surface area (Å²) >= 11 is 0. The monoisotopic (exact) mass is 482 g/mol. The number of piperidine rings is 1. The van der Waals surface area contributed by atoms with Gasteiger partial charge in [0.1, 0.15) is 5.69 Å². The first kappa shape index (κ1) is 24.8. The average Bonchev–Trinajstić information content (AvgIpc) is 3.10. The lowest BCUT2D eigenvalue weighted by atomic mass is 9.94. The van der Waals surface area contributed by atoms with Crippen LogP contribution < -0.4 is 10.2 Å². The molecule has 1 unspecified atom stereocenters. The van der Waals surface area contributed by atoms with Crippen LogP contribution >= 0.6 is 0 Å². The first-order valence-electron chi connectivity index (χ1n) is 12.4. The fourth-order valence-electron chi connectivity index (χ4n) is 5.67. The van der Waals surface area contributed by atoms with Crippen molar-refractivity contribution in [3.8, 4) is 0 Å². The molecule has 188 valence electrons. The van der Waals surface area contributed by atoms with E-state index in [1.807, 2.05) is 0 Å². The van der Waals surface area contributed by atoms with E-state index < -0.39 is 22.4 Å². The van der Waals surface area contributed by atoms with Crippen LogP contribution in [-0.4, -0.2) is 54.0 Å². The summed E-state index contributed by atoms with van der Waals surface area (Å²) in [6.45, 7) is 2.70. The molecule has 2 aliphatic heterocycles. The van der Waals surface area contributed by atoms with Crippen LogP contribution in [0.5, 0.6) is 0 Å². The van der Waals surface area contributed by atoms with Crippen LogP contribution in [0.4, 0.5) is 24.5 Å². The van der Waals surface area contributed by atoms with Crippen LogP contribution in [0.2, 0.25) is 0 Å². The first-order valence-corrected chi connectivity index (χ1v) is 12.4. The number of anilines is 1. The van der Waals surface area contributed by atoms with E-state index >= 15 is 0 Å². The molecule has 34 heavy (non-hydrogen) atoms. The maximum Gasteiger partial charge on any atom is 0.416 e. The van der Waals surface area contributed by atoms with Crippen LogP contribution in [0.15, 0.2) is 18.2 Å². The van der Waals surface area contributed by atoms with Crippen molar-refractivity contribution in [2.24, 2.45) is 5.92 Å². The Hall–Kier alpha value is -2.36. The number of alkyl halides is 3. The summed E-state index contributed by atoms with van der Waals surface area (Å²) in [5, 5.41) is 14.6. The van der Waals surface area contributed by atoms with Crippen molar-refractivity contribution in [1.29, 1.82) is 0 Å². The number of hydrogen-bond donors (Lipinski definition) is 1. The van der Waals surface area contributed by atoms with E-state index in [0.29, 0.717) is 38.0 Å². The molecule has 3 aliphatic rings. The number of amides is 1. The Balaban J connectivity index is 1.30. The SMILES string of the molecule is O=C(NC1CCN(C2CCCCCC2)C1)C1CCN(c2ccc(C(F)(F)F)cc2[N+](=O)[O-])CC1. The second-order valence-electron chi connectivity index (χ2n) is 9.85. The highest BCUT2D eigenvalue weighted by molar-refractivity contribution is 5.79. The molecular formula is C24H33F3N4O3. The number of nitrogens with one attached hydrogen (secondary N) is 1. The summed E-state index contributed by atoms with van der Waals surface area (Å²) in [7, 11) is 0. The van der Waals surface area contributed by atoms with Crippen molar-refractivity contribution in [3.63, 3.8) is 0 Å². The van der Waals surface area contributed by atoms with Crippen LogP contribution in [-0.2, 0) is 11.0 Å². The van der Waals surface area contributed by atoms with Gasteiger partial charge in [0.05, 0.1) is 10.5 Å². The minimum absolute atomic E-state index is 0.0225. The van der Waals surface area contributed by atoms with Gasteiger partial charge in [-0.1, -0.05) is 25.7 Å². The van der Waals surface area contributed by atoms with Crippen LogP contribution in [0, 0.1) is 16.0 Å². The second kappa shape index (κ2) is 10.5. The molecule has 1 amide bonds. The third-order valence-electron chi connectivity index (χ3n) is 7.61. The van der Waals surface area contributed by atoms with Gasteiger partial charge in [-0.25, -0.2) is 0 Å². The minimum Gasteiger partial charge on any atom is -0.366 e. The lowest BCUT2D eigenvalue weighted by Crippen LogP contribution is -2.45. The molecule has 2 saturated heterocycles. The molecule has 7 nitrogen and oxygen atoms in total. The summed E-state index contributed by atoms with van der Waals surface area (Å²) in [6.07, 6.45) is 5.05. The molecule has 0 aromatic heterocycles. The molecule has 1 saturated carbocycles. The Kier molecular flexibility index (Phi) is 7.64. The molecule has 0 spiro atoms. The highest BCUT2D eigenvalue weighted by atomic mass is 19.4. The zero-order chi connectivity index (χ0) is 24.3. The van der Waals surface area contributed by atoms with E-state index in [4.69, 9.17) is 0 Å². The molecule has 1 aromatic carbocycles. The van der Waals surface area contributed by atoms with Gasteiger partial charge >= 0.3 is 6.18 Å². The Morgan fingerprint density at radius 3 is 2.29 bits per heavy atom. The maximum absolute atomic E-state index is 13.0. The number of rotatable bonds is 5. The van der Waals surface area contributed by atoms with E-state index in [0.717, 1.165) is 25.6 Å². The number of likely N-dealkylation sites (tertiary alicyclic amines) is 1. The maximum atomic E-state index is 13.0. The largest absolute Gasteiger partial charge is 0.416 e. The molecule has 1 aliphatic carbocycles. The molecule has 10 heteroatoms. The predicted octanol–water partition coefficient (Wildman–Crippen LogP) is 4.74. The summed E-state index contributed by atoms with van der Waals surface area (Å²) in [5.41, 5.74) is -1.42. The Bertz CT molecular complexity index is 879. The van der Waals surface area contributed by atoms with Crippen LogP contribution in [0.1, 0.15) is 63.4 Å². The number of nitrogens with zero attached hydrogens (tertiary/aromatic N) is 3. The van der Waals surface area contributed by atoms with Crippen LogP contribution in [0.25, 0.3) is 0 Å². The Labute approximate surface area is 197 Å². The number of carbonyl (C=O) groups excluding carboxylic acids is 1. The highest BCUT2D eigenvalue weighted by Crippen LogP contribution is 2.37. The third-order valence-corrected chi connectivity index (χ3v) is 7.61. The predicted molar refractivity (Wildman–Crippen MR) is 123 cm³/mol. The zero-order valence-electron chi connectivity index (χ0n) is 19.4. The first-order chi connectivity index (χ1) is 16.2. The summed E-state index contributed by atoms with van der Waals surface area (Å²) < 4.78 is 38.9. The number of nitro groups is 1. The fourth-order valence-corrected chi connectivity index (χ4v) is 5.67. The van der Waals surface area contributed by atoms with Crippen molar-refractivity contribution in [2.45, 2.75) is 76.0 Å². The molecule has 4 rings (SSSR count). The van der Waals surface area contributed by atoms with E-state index in [9.17, 15) is 28.1 Å². The molecule has 1 N–H and O–H groups in total. The van der Waals surface area contributed by atoms with Gasteiger partial charge in [-0.05, 0) is 44.2 Å². The van der Waals surface area contributed by atoms with Crippen molar-refractivity contribution in [2.75, 3.05) is 31.1 Å². The number of nitro benzene ring substituents is 1. The fraction of sp³-hybridized carbons (Fsp3) is 0.708. The molecule has 1 aromatic rings. The van der Waals surface area contributed by atoms with Crippen molar-refractivity contribution < 1.29 is 22.9 Å².